The summed E-state index contributed by atoms with van der Waals surface area (Å²) in [6.45, 7) is 4.30. The van der Waals surface area contributed by atoms with Gasteiger partial charge in [0, 0.05) is 6.42 Å². The van der Waals surface area contributed by atoms with Crippen molar-refractivity contribution >= 4 is 5.91 Å². The second-order valence-electron chi connectivity index (χ2n) is 13.7. The number of carbonyl (C=O) groups excluding carboxylic acids is 1. The Kier molecular flexibility index (Phi) is 36.9. The molecule has 0 saturated carbocycles. The highest BCUT2D eigenvalue weighted by atomic mass is 16.3. The molecule has 0 aliphatic carbocycles. The number of amides is 1. The van der Waals surface area contributed by atoms with Crippen LogP contribution in [0, 0.1) is 0 Å². The standard InChI is InChI=1S/C42H79NO3/c1-3-5-7-9-11-12-13-14-15-16-17-18-19-20-21-22-23-24-25-26-27-28-29-30-32-34-36-38-42(46)43-40(39-44)41(45)37-35-33-31-10-8-6-4-2/h13-14,16-17,19-20,40-41,44-45H,3-12,15,18,21-39H2,1-2H3,(H,43,46)/b14-13-,17-16-,20-19-. The maximum Gasteiger partial charge on any atom is 0.220 e. The summed E-state index contributed by atoms with van der Waals surface area (Å²) >= 11 is 0. The van der Waals surface area contributed by atoms with Crippen molar-refractivity contribution in [2.45, 2.75) is 219 Å². The van der Waals surface area contributed by atoms with Gasteiger partial charge in [-0.05, 0) is 51.4 Å². The number of rotatable bonds is 36. The third kappa shape index (κ3) is 34.0. The van der Waals surface area contributed by atoms with Crippen molar-refractivity contribution in [3.05, 3.63) is 36.5 Å². The van der Waals surface area contributed by atoms with E-state index < -0.39 is 12.1 Å². The first-order valence-electron chi connectivity index (χ1n) is 20.2. The first-order chi connectivity index (χ1) is 22.7. The lowest BCUT2D eigenvalue weighted by molar-refractivity contribution is -0.123. The normalized spacial score (nSPS) is 13.4. The van der Waals surface area contributed by atoms with Gasteiger partial charge < -0.3 is 15.5 Å². The fourth-order valence-corrected chi connectivity index (χ4v) is 6.01. The van der Waals surface area contributed by atoms with Gasteiger partial charge in [-0.15, -0.1) is 0 Å². The molecule has 46 heavy (non-hydrogen) atoms. The molecule has 0 spiro atoms. The fraction of sp³-hybridized carbons (Fsp3) is 0.833. The van der Waals surface area contributed by atoms with Crippen molar-refractivity contribution in [2.75, 3.05) is 6.61 Å². The highest BCUT2D eigenvalue weighted by Crippen LogP contribution is 2.14. The fourth-order valence-electron chi connectivity index (χ4n) is 6.01. The number of aliphatic hydroxyl groups excluding tert-OH is 2. The van der Waals surface area contributed by atoms with Crippen LogP contribution in [0.2, 0.25) is 0 Å². The molecule has 0 saturated heterocycles. The third-order valence-corrected chi connectivity index (χ3v) is 9.15. The van der Waals surface area contributed by atoms with Gasteiger partial charge in [0.2, 0.25) is 5.91 Å². The largest absolute Gasteiger partial charge is 0.394 e. The maximum absolute atomic E-state index is 12.3. The minimum atomic E-state index is -0.656. The number of allylic oxidation sites excluding steroid dienone is 6. The van der Waals surface area contributed by atoms with E-state index in [4.69, 9.17) is 0 Å². The van der Waals surface area contributed by atoms with Gasteiger partial charge in [-0.3, -0.25) is 4.79 Å². The van der Waals surface area contributed by atoms with Gasteiger partial charge in [0.05, 0.1) is 18.8 Å². The van der Waals surface area contributed by atoms with Gasteiger partial charge in [-0.1, -0.05) is 185 Å². The lowest BCUT2D eigenvalue weighted by atomic mass is 10.0. The highest BCUT2D eigenvalue weighted by Gasteiger charge is 2.19. The van der Waals surface area contributed by atoms with E-state index in [0.29, 0.717) is 12.8 Å². The van der Waals surface area contributed by atoms with E-state index in [2.05, 4.69) is 55.6 Å². The zero-order chi connectivity index (χ0) is 33.6. The van der Waals surface area contributed by atoms with Crippen molar-refractivity contribution < 1.29 is 15.0 Å². The zero-order valence-electron chi connectivity index (χ0n) is 30.8. The Hall–Kier alpha value is -1.39. The smallest absolute Gasteiger partial charge is 0.220 e. The summed E-state index contributed by atoms with van der Waals surface area (Å²) in [4.78, 5) is 12.3. The molecule has 2 atom stereocenters. The summed E-state index contributed by atoms with van der Waals surface area (Å²) in [5, 5.41) is 22.9. The summed E-state index contributed by atoms with van der Waals surface area (Å²) in [5.41, 5.74) is 0. The Balaban J connectivity index is 3.47. The van der Waals surface area contributed by atoms with Crippen molar-refractivity contribution in [3.8, 4) is 0 Å². The van der Waals surface area contributed by atoms with E-state index in [1.807, 2.05) is 0 Å². The summed E-state index contributed by atoms with van der Waals surface area (Å²) in [7, 11) is 0. The Morgan fingerprint density at radius 2 is 0.891 bits per heavy atom. The van der Waals surface area contributed by atoms with Gasteiger partial charge >= 0.3 is 0 Å². The maximum atomic E-state index is 12.3. The van der Waals surface area contributed by atoms with Crippen molar-refractivity contribution in [2.24, 2.45) is 0 Å². The molecule has 0 rings (SSSR count). The summed E-state index contributed by atoms with van der Waals surface area (Å²) in [6, 6.07) is -0.533. The molecule has 0 bridgehead atoms. The van der Waals surface area contributed by atoms with Crippen LogP contribution in [0.3, 0.4) is 0 Å². The van der Waals surface area contributed by atoms with E-state index in [1.54, 1.807) is 0 Å². The Labute approximate surface area is 287 Å². The average molecular weight is 646 g/mol. The average Bonchev–Trinajstić information content (AvgIpc) is 3.06. The molecular formula is C42H79NO3. The molecule has 0 heterocycles. The molecular weight excluding hydrogens is 566 g/mol. The monoisotopic (exact) mass is 646 g/mol. The van der Waals surface area contributed by atoms with E-state index in [1.165, 1.54) is 141 Å². The second kappa shape index (κ2) is 38.1. The van der Waals surface area contributed by atoms with Crippen LogP contribution < -0.4 is 5.32 Å². The van der Waals surface area contributed by atoms with Crippen LogP contribution >= 0.6 is 0 Å². The van der Waals surface area contributed by atoms with Crippen molar-refractivity contribution in [1.82, 2.24) is 5.32 Å². The number of nitrogens with one attached hydrogen (secondary N) is 1. The molecule has 0 aliphatic rings. The first kappa shape index (κ1) is 44.6. The lowest BCUT2D eigenvalue weighted by Gasteiger charge is -2.22. The first-order valence-corrected chi connectivity index (χ1v) is 20.2. The lowest BCUT2D eigenvalue weighted by Crippen LogP contribution is -2.45. The van der Waals surface area contributed by atoms with Gasteiger partial charge in [0.1, 0.15) is 0 Å². The highest BCUT2D eigenvalue weighted by molar-refractivity contribution is 5.76. The number of hydrogen-bond acceptors (Lipinski definition) is 3. The van der Waals surface area contributed by atoms with Crippen LogP contribution in [0.1, 0.15) is 206 Å². The van der Waals surface area contributed by atoms with Gasteiger partial charge in [0.15, 0.2) is 0 Å². The van der Waals surface area contributed by atoms with Gasteiger partial charge in [0.25, 0.3) is 0 Å². The van der Waals surface area contributed by atoms with E-state index >= 15 is 0 Å². The van der Waals surface area contributed by atoms with E-state index in [-0.39, 0.29) is 12.5 Å². The number of carbonyl (C=O) groups is 1. The molecule has 3 N–H and O–H groups in total. The molecule has 4 heteroatoms. The molecule has 0 aromatic heterocycles. The van der Waals surface area contributed by atoms with Crippen LogP contribution in [0.25, 0.3) is 0 Å². The van der Waals surface area contributed by atoms with Crippen LogP contribution in [-0.2, 0) is 4.79 Å². The Morgan fingerprint density at radius 1 is 0.522 bits per heavy atom. The third-order valence-electron chi connectivity index (χ3n) is 9.15. The van der Waals surface area contributed by atoms with E-state index in [9.17, 15) is 15.0 Å². The summed E-state index contributed by atoms with van der Waals surface area (Å²) in [5.74, 6) is -0.0386. The van der Waals surface area contributed by atoms with Gasteiger partial charge in [-0.25, -0.2) is 0 Å². The summed E-state index contributed by atoms with van der Waals surface area (Å²) < 4.78 is 0. The molecule has 2 unspecified atom stereocenters. The van der Waals surface area contributed by atoms with Crippen LogP contribution in [0.15, 0.2) is 36.5 Å². The molecule has 0 aliphatic heterocycles. The Bertz CT molecular complexity index is 701. The summed E-state index contributed by atoms with van der Waals surface area (Å²) in [6.07, 6.45) is 49.4. The quantitative estimate of drug-likeness (QED) is 0.0469. The number of aliphatic hydroxyl groups is 2. The predicted octanol–water partition coefficient (Wildman–Crippen LogP) is 12.2. The minimum absolute atomic E-state index is 0.0386. The van der Waals surface area contributed by atoms with Crippen LogP contribution in [0.5, 0.6) is 0 Å². The van der Waals surface area contributed by atoms with Crippen molar-refractivity contribution in [1.29, 1.82) is 0 Å². The topological polar surface area (TPSA) is 69.6 Å². The molecule has 0 aromatic rings. The van der Waals surface area contributed by atoms with Crippen LogP contribution in [-0.4, -0.2) is 34.9 Å². The number of unbranched alkanes of at least 4 members (excludes halogenated alkanes) is 23. The van der Waals surface area contributed by atoms with Crippen LogP contribution in [0.4, 0.5) is 0 Å². The predicted molar refractivity (Wildman–Crippen MR) is 202 cm³/mol. The van der Waals surface area contributed by atoms with Gasteiger partial charge in [-0.2, -0.15) is 0 Å². The molecule has 0 fully saturated rings. The Morgan fingerprint density at radius 3 is 1.33 bits per heavy atom. The molecule has 0 radical (unpaired) electrons. The number of hydrogen-bond donors (Lipinski definition) is 3. The van der Waals surface area contributed by atoms with Crippen molar-refractivity contribution in [3.63, 3.8) is 0 Å². The molecule has 0 aromatic carbocycles. The SMILES string of the molecule is CCCCCCC/C=C\C/C=C\C/C=C\CCCCCCCCCCCCCCC(=O)NC(CO)C(O)CCCCCCCCC. The van der Waals surface area contributed by atoms with E-state index in [0.717, 1.165) is 38.5 Å². The molecule has 4 nitrogen and oxygen atoms in total. The molecule has 1 amide bonds. The minimum Gasteiger partial charge on any atom is -0.394 e. The zero-order valence-corrected chi connectivity index (χ0v) is 30.8. The molecule has 270 valence electrons. The second-order valence-corrected chi connectivity index (χ2v) is 13.7.